The maximum Gasteiger partial charge on any atom is 0.127 e. The minimum atomic E-state index is 0.171. The molecule has 0 amide bonds. The average molecular weight is 461 g/mol. The van der Waals surface area contributed by atoms with Gasteiger partial charge in [0.25, 0.3) is 0 Å². The van der Waals surface area contributed by atoms with Gasteiger partial charge >= 0.3 is 0 Å². The van der Waals surface area contributed by atoms with E-state index >= 15 is 0 Å². The van der Waals surface area contributed by atoms with E-state index in [1.54, 1.807) is 0 Å². The Bertz CT molecular complexity index is 1580. The molecule has 0 saturated carbocycles. The molecule has 2 aliphatic heterocycles. The van der Waals surface area contributed by atoms with Gasteiger partial charge in [0.2, 0.25) is 0 Å². The Morgan fingerprint density at radius 2 is 1.63 bits per heavy atom. The molecule has 4 N–H and O–H groups in total. The number of H-pyrrole nitrogens is 2. The third kappa shape index (κ3) is 3.75. The van der Waals surface area contributed by atoms with Crippen molar-refractivity contribution >= 4 is 21.8 Å². The van der Waals surface area contributed by atoms with E-state index in [-0.39, 0.29) is 6.04 Å². The summed E-state index contributed by atoms with van der Waals surface area (Å²) in [6.45, 7) is 4.14. The molecule has 6 heteroatoms. The van der Waals surface area contributed by atoms with E-state index in [9.17, 15) is 0 Å². The molecule has 0 unspecified atom stereocenters. The predicted octanol–water partition coefficient (Wildman–Crippen LogP) is 5.79. The van der Waals surface area contributed by atoms with Gasteiger partial charge in [-0.05, 0) is 72.5 Å². The van der Waals surface area contributed by atoms with Crippen LogP contribution in [-0.4, -0.2) is 33.0 Å². The number of nitrogens with zero attached hydrogens (tertiary/aromatic N) is 2. The van der Waals surface area contributed by atoms with Gasteiger partial charge in [0.05, 0.1) is 35.0 Å². The molecule has 2 atom stereocenters. The van der Waals surface area contributed by atoms with Crippen LogP contribution in [0.3, 0.4) is 0 Å². The molecule has 0 radical (unpaired) electrons. The van der Waals surface area contributed by atoms with Gasteiger partial charge in [0.15, 0.2) is 0 Å². The molecule has 35 heavy (non-hydrogen) atoms. The predicted molar refractivity (Wildman–Crippen MR) is 141 cm³/mol. The third-order valence-corrected chi connectivity index (χ3v) is 7.32. The Hall–Kier alpha value is -3.74. The zero-order valence-electron chi connectivity index (χ0n) is 19.7. The van der Waals surface area contributed by atoms with Crippen molar-refractivity contribution in [1.29, 1.82) is 0 Å². The fourth-order valence-corrected chi connectivity index (χ4v) is 5.38. The van der Waals surface area contributed by atoms with Crippen molar-refractivity contribution in [1.82, 2.24) is 30.6 Å². The highest BCUT2D eigenvalue weighted by atomic mass is 15.0. The summed E-state index contributed by atoms with van der Waals surface area (Å²) >= 11 is 0. The number of hydrogen-bond acceptors (Lipinski definition) is 4. The minimum absolute atomic E-state index is 0.171. The zero-order valence-corrected chi connectivity index (χ0v) is 19.7. The van der Waals surface area contributed by atoms with Crippen molar-refractivity contribution in [3.8, 4) is 22.4 Å². The maximum atomic E-state index is 4.82. The molecule has 4 heterocycles. The number of nitrogens with one attached hydrogen (secondary N) is 4. The molecule has 0 bridgehead atoms. The monoisotopic (exact) mass is 460 g/mol. The smallest absolute Gasteiger partial charge is 0.127 e. The molecule has 0 aliphatic carbocycles. The van der Waals surface area contributed by atoms with Gasteiger partial charge in [-0.1, -0.05) is 42.0 Å². The molecule has 0 spiro atoms. The van der Waals surface area contributed by atoms with Gasteiger partial charge in [-0.3, -0.25) is 0 Å². The summed E-state index contributed by atoms with van der Waals surface area (Å²) in [6.07, 6.45) is 6.52. The summed E-state index contributed by atoms with van der Waals surface area (Å²) in [5, 5.41) is 9.44. The number of hydrogen-bond donors (Lipinski definition) is 4. The van der Waals surface area contributed by atoms with Crippen molar-refractivity contribution in [3.05, 3.63) is 84.1 Å². The van der Waals surface area contributed by atoms with Crippen LogP contribution in [0.1, 0.15) is 43.5 Å². The van der Waals surface area contributed by atoms with Crippen molar-refractivity contribution in [2.24, 2.45) is 0 Å². The number of fused-ring (bicyclic) bond motifs is 2. The van der Waals surface area contributed by atoms with E-state index in [0.717, 1.165) is 53.4 Å². The van der Waals surface area contributed by atoms with E-state index in [4.69, 9.17) is 4.98 Å². The first-order valence-corrected chi connectivity index (χ1v) is 12.4. The Balaban J connectivity index is 1.18. The zero-order chi connectivity index (χ0) is 23.4. The molecule has 174 valence electrons. The van der Waals surface area contributed by atoms with Crippen LogP contribution in [0.15, 0.2) is 72.4 Å². The topological polar surface area (TPSA) is 81.4 Å². The van der Waals surface area contributed by atoms with E-state index < -0.39 is 0 Å². The molecular formula is C29H28N6. The molecule has 2 aromatic heterocycles. The molecule has 3 aromatic carbocycles. The first-order chi connectivity index (χ1) is 17.2. The van der Waals surface area contributed by atoms with Gasteiger partial charge in [-0.2, -0.15) is 0 Å². The highest BCUT2D eigenvalue weighted by molar-refractivity contribution is 5.91. The fraction of sp³-hybridized carbons (Fsp3) is 0.241. The summed E-state index contributed by atoms with van der Waals surface area (Å²) in [5.74, 6) is 2.02. The first kappa shape index (κ1) is 20.6. The molecule has 6 nitrogen and oxygen atoms in total. The van der Waals surface area contributed by atoms with Crippen LogP contribution in [0.4, 0.5) is 0 Å². The van der Waals surface area contributed by atoms with Gasteiger partial charge in [0, 0.05) is 12.1 Å². The Morgan fingerprint density at radius 3 is 2.43 bits per heavy atom. The fourth-order valence-electron chi connectivity index (χ4n) is 5.38. The summed E-state index contributed by atoms with van der Waals surface area (Å²) in [4.78, 5) is 16.5. The minimum Gasteiger partial charge on any atom is -0.341 e. The molecule has 1 fully saturated rings. The SMILES string of the molecule is CC1=C[C@@H](c2ncc(-c3ccc4cc(-c5ccc6nc([C@@H]7CCCN7)[nH]c6c5)ccc4c3)[nH]2)NC1. The van der Waals surface area contributed by atoms with Crippen LogP contribution in [0.25, 0.3) is 44.2 Å². The summed E-state index contributed by atoms with van der Waals surface area (Å²) < 4.78 is 0. The second-order valence-corrected chi connectivity index (χ2v) is 9.83. The van der Waals surface area contributed by atoms with Crippen LogP contribution < -0.4 is 10.6 Å². The van der Waals surface area contributed by atoms with E-state index in [0.29, 0.717) is 6.04 Å². The lowest BCUT2D eigenvalue weighted by molar-refractivity contribution is 0.614. The van der Waals surface area contributed by atoms with Crippen molar-refractivity contribution in [2.75, 3.05) is 13.1 Å². The summed E-state index contributed by atoms with van der Waals surface area (Å²) in [5.41, 5.74) is 8.08. The van der Waals surface area contributed by atoms with Gasteiger partial charge in [0.1, 0.15) is 11.6 Å². The Morgan fingerprint density at radius 1 is 0.829 bits per heavy atom. The second-order valence-electron chi connectivity index (χ2n) is 9.83. The van der Waals surface area contributed by atoms with Crippen LogP contribution >= 0.6 is 0 Å². The van der Waals surface area contributed by atoms with Gasteiger partial charge in [-0.15, -0.1) is 0 Å². The van der Waals surface area contributed by atoms with E-state index in [1.807, 2.05) is 6.20 Å². The lowest BCUT2D eigenvalue weighted by Gasteiger charge is -2.07. The number of benzene rings is 3. The Kier molecular flexibility index (Phi) is 4.82. The maximum absolute atomic E-state index is 4.82. The number of rotatable bonds is 4. The van der Waals surface area contributed by atoms with Crippen LogP contribution in [0.5, 0.6) is 0 Å². The molecule has 2 aliphatic rings. The highest BCUT2D eigenvalue weighted by Crippen LogP contribution is 2.31. The lowest BCUT2D eigenvalue weighted by atomic mass is 9.99. The largest absolute Gasteiger partial charge is 0.341 e. The highest BCUT2D eigenvalue weighted by Gasteiger charge is 2.20. The average Bonchev–Trinajstić information content (AvgIpc) is 3.69. The number of aromatic nitrogens is 4. The molecule has 5 aromatic rings. The summed E-state index contributed by atoms with van der Waals surface area (Å²) in [6, 6.07) is 20.3. The molecule has 7 rings (SSSR count). The van der Waals surface area contributed by atoms with E-state index in [1.165, 1.54) is 33.9 Å². The molecule has 1 saturated heterocycles. The van der Waals surface area contributed by atoms with Crippen molar-refractivity contribution in [3.63, 3.8) is 0 Å². The van der Waals surface area contributed by atoms with Crippen LogP contribution in [0.2, 0.25) is 0 Å². The number of imidazole rings is 2. The van der Waals surface area contributed by atoms with Gasteiger partial charge < -0.3 is 20.6 Å². The lowest BCUT2D eigenvalue weighted by Crippen LogP contribution is -2.15. The Labute approximate surface area is 203 Å². The van der Waals surface area contributed by atoms with Crippen LogP contribution in [0, 0.1) is 0 Å². The van der Waals surface area contributed by atoms with Crippen molar-refractivity contribution in [2.45, 2.75) is 31.8 Å². The van der Waals surface area contributed by atoms with E-state index in [2.05, 4.69) is 93.2 Å². The number of aromatic amines is 2. The second kappa shape index (κ2) is 8.18. The first-order valence-electron chi connectivity index (χ1n) is 12.4. The molecular weight excluding hydrogens is 432 g/mol. The van der Waals surface area contributed by atoms with Crippen LogP contribution in [-0.2, 0) is 0 Å². The third-order valence-electron chi connectivity index (χ3n) is 7.32. The normalized spacial score (nSPS) is 20.2. The quantitative estimate of drug-likeness (QED) is 0.256. The van der Waals surface area contributed by atoms with Gasteiger partial charge in [-0.25, -0.2) is 9.97 Å². The summed E-state index contributed by atoms with van der Waals surface area (Å²) in [7, 11) is 0. The van der Waals surface area contributed by atoms with Crippen molar-refractivity contribution < 1.29 is 0 Å². The standard InChI is InChI=1S/C29H28N6/c1-17-11-26(31-15-17)28-32-16-27(35-28)22-7-6-18-12-19(4-5-20(18)13-22)21-8-9-23-25(14-21)34-29(33-23)24-3-2-10-30-24/h4-9,11-14,16,24,26,30-31H,2-3,10,15H2,1H3,(H,32,35)(H,33,34)/t24-,26-/m0/s1.